The van der Waals surface area contributed by atoms with E-state index < -0.39 is 0 Å². The lowest BCUT2D eigenvalue weighted by Crippen LogP contribution is -2.29. The zero-order valence-corrected chi connectivity index (χ0v) is 17.6. The van der Waals surface area contributed by atoms with Crippen LogP contribution < -0.4 is 5.56 Å². The van der Waals surface area contributed by atoms with Gasteiger partial charge in [0.15, 0.2) is 5.69 Å². The van der Waals surface area contributed by atoms with Gasteiger partial charge in [-0.1, -0.05) is 17.7 Å². The number of halogens is 2. The SMILES string of the molecule is CN(C)C(=O)c1nn(-c2ccnc(Br)c2)c(=O)c2c1c1ccc(Cl)cc1n2C. The quantitative estimate of drug-likeness (QED) is 0.430. The van der Waals surface area contributed by atoms with E-state index in [0.29, 0.717) is 26.2 Å². The fourth-order valence-electron chi connectivity index (χ4n) is 3.26. The first kappa shape index (κ1) is 18.6. The maximum Gasteiger partial charge on any atom is 0.296 e. The van der Waals surface area contributed by atoms with E-state index in [2.05, 4.69) is 26.0 Å². The highest BCUT2D eigenvalue weighted by atomic mass is 79.9. The van der Waals surface area contributed by atoms with E-state index in [1.807, 2.05) is 0 Å². The number of benzene rings is 1. The van der Waals surface area contributed by atoms with Crippen LogP contribution in [-0.4, -0.2) is 44.2 Å². The molecule has 3 heterocycles. The van der Waals surface area contributed by atoms with Gasteiger partial charge in [0.1, 0.15) is 10.1 Å². The number of aromatic nitrogens is 4. The molecule has 28 heavy (non-hydrogen) atoms. The average molecular weight is 461 g/mol. The van der Waals surface area contributed by atoms with Gasteiger partial charge in [-0.3, -0.25) is 9.59 Å². The molecular weight excluding hydrogens is 446 g/mol. The van der Waals surface area contributed by atoms with E-state index in [9.17, 15) is 9.59 Å². The topological polar surface area (TPSA) is 73.0 Å². The van der Waals surface area contributed by atoms with Crippen molar-refractivity contribution in [1.29, 1.82) is 0 Å². The van der Waals surface area contributed by atoms with Gasteiger partial charge in [0.05, 0.1) is 11.2 Å². The Kier molecular flexibility index (Phi) is 4.47. The number of rotatable bonds is 2. The third-order valence-electron chi connectivity index (χ3n) is 4.56. The largest absolute Gasteiger partial charge is 0.343 e. The van der Waals surface area contributed by atoms with Gasteiger partial charge in [-0.15, -0.1) is 0 Å². The molecule has 1 amide bonds. The van der Waals surface area contributed by atoms with E-state index in [-0.39, 0.29) is 17.2 Å². The molecule has 0 spiro atoms. The Morgan fingerprint density at radius 3 is 2.64 bits per heavy atom. The number of aryl methyl sites for hydroxylation is 1. The minimum atomic E-state index is -0.335. The first-order chi connectivity index (χ1) is 13.3. The Morgan fingerprint density at radius 1 is 1.21 bits per heavy atom. The Bertz CT molecular complexity index is 1330. The molecule has 9 heteroatoms. The van der Waals surface area contributed by atoms with Crippen molar-refractivity contribution in [3.8, 4) is 5.69 Å². The number of carbonyl (C=O) groups is 1. The van der Waals surface area contributed by atoms with Crippen LogP contribution in [0.2, 0.25) is 5.02 Å². The van der Waals surface area contributed by atoms with Crippen LogP contribution in [0.3, 0.4) is 0 Å². The first-order valence-electron chi connectivity index (χ1n) is 8.34. The van der Waals surface area contributed by atoms with E-state index in [0.717, 1.165) is 10.9 Å². The molecule has 0 N–H and O–H groups in total. The molecule has 142 valence electrons. The number of fused-ring (bicyclic) bond motifs is 3. The maximum absolute atomic E-state index is 13.3. The van der Waals surface area contributed by atoms with Gasteiger partial charge in [0.25, 0.3) is 11.5 Å². The fourth-order valence-corrected chi connectivity index (χ4v) is 3.77. The Labute approximate surface area is 173 Å². The Hall–Kier alpha value is -2.71. The van der Waals surface area contributed by atoms with Crippen LogP contribution in [0.5, 0.6) is 0 Å². The molecule has 0 unspecified atom stereocenters. The minimum absolute atomic E-state index is 0.195. The van der Waals surface area contributed by atoms with Crippen LogP contribution in [0.15, 0.2) is 45.9 Å². The summed E-state index contributed by atoms with van der Waals surface area (Å²) in [6, 6.07) is 8.64. The van der Waals surface area contributed by atoms with Crippen molar-refractivity contribution < 1.29 is 4.79 Å². The second kappa shape index (κ2) is 6.72. The van der Waals surface area contributed by atoms with Crippen molar-refractivity contribution in [2.75, 3.05) is 14.1 Å². The Morgan fingerprint density at radius 2 is 1.96 bits per heavy atom. The molecule has 4 aromatic rings. The highest BCUT2D eigenvalue weighted by Gasteiger charge is 2.24. The molecule has 0 bridgehead atoms. The fraction of sp³-hybridized carbons (Fsp3) is 0.158. The van der Waals surface area contributed by atoms with Crippen LogP contribution in [0.25, 0.3) is 27.5 Å². The van der Waals surface area contributed by atoms with E-state index in [4.69, 9.17) is 11.6 Å². The monoisotopic (exact) mass is 459 g/mol. The van der Waals surface area contributed by atoms with E-state index in [1.54, 1.807) is 62.2 Å². The van der Waals surface area contributed by atoms with Gasteiger partial charge < -0.3 is 9.47 Å². The molecule has 0 aliphatic rings. The number of nitrogens with zero attached hydrogens (tertiary/aromatic N) is 5. The summed E-state index contributed by atoms with van der Waals surface area (Å²) >= 11 is 9.46. The lowest BCUT2D eigenvalue weighted by Gasteiger charge is -2.13. The Balaban J connectivity index is 2.22. The second-order valence-electron chi connectivity index (χ2n) is 6.55. The van der Waals surface area contributed by atoms with Gasteiger partial charge in [0.2, 0.25) is 0 Å². The predicted molar refractivity (Wildman–Crippen MR) is 112 cm³/mol. The maximum atomic E-state index is 13.3. The van der Waals surface area contributed by atoms with Gasteiger partial charge in [-0.05, 0) is 40.2 Å². The van der Waals surface area contributed by atoms with Gasteiger partial charge in [0, 0.05) is 43.1 Å². The van der Waals surface area contributed by atoms with Crippen LogP contribution in [0.4, 0.5) is 0 Å². The molecule has 0 saturated heterocycles. The molecule has 0 radical (unpaired) electrons. The van der Waals surface area contributed by atoms with Gasteiger partial charge in [-0.25, -0.2) is 4.98 Å². The highest BCUT2D eigenvalue weighted by molar-refractivity contribution is 9.10. The van der Waals surface area contributed by atoms with Crippen LogP contribution >= 0.6 is 27.5 Å². The molecule has 4 rings (SSSR count). The van der Waals surface area contributed by atoms with Crippen molar-refractivity contribution in [3.63, 3.8) is 0 Å². The third kappa shape index (κ3) is 2.80. The summed E-state index contributed by atoms with van der Waals surface area (Å²) in [4.78, 5) is 31.8. The molecule has 0 saturated carbocycles. The molecule has 0 atom stereocenters. The van der Waals surface area contributed by atoms with Crippen molar-refractivity contribution in [2.45, 2.75) is 0 Å². The van der Waals surface area contributed by atoms with Crippen molar-refractivity contribution in [3.05, 3.63) is 62.2 Å². The van der Waals surface area contributed by atoms with Gasteiger partial charge >= 0.3 is 0 Å². The summed E-state index contributed by atoms with van der Waals surface area (Å²) in [6.07, 6.45) is 1.56. The lowest BCUT2D eigenvalue weighted by atomic mass is 10.1. The molecule has 0 aliphatic carbocycles. The summed E-state index contributed by atoms with van der Waals surface area (Å²) in [5.41, 5.74) is 1.50. The van der Waals surface area contributed by atoms with Gasteiger partial charge in [-0.2, -0.15) is 9.78 Å². The van der Waals surface area contributed by atoms with Crippen molar-refractivity contribution in [2.24, 2.45) is 7.05 Å². The normalized spacial score (nSPS) is 11.3. The number of amides is 1. The van der Waals surface area contributed by atoms with Crippen molar-refractivity contribution in [1.82, 2.24) is 24.2 Å². The summed E-state index contributed by atoms with van der Waals surface area (Å²) in [5, 5.41) is 6.25. The number of hydrogen-bond acceptors (Lipinski definition) is 4. The van der Waals surface area contributed by atoms with Crippen molar-refractivity contribution >= 4 is 55.2 Å². The highest BCUT2D eigenvalue weighted by Crippen LogP contribution is 2.31. The molecular formula is C19H15BrClN5O2. The molecule has 0 aliphatic heterocycles. The molecule has 0 fully saturated rings. The zero-order chi connectivity index (χ0) is 20.2. The minimum Gasteiger partial charge on any atom is -0.343 e. The summed E-state index contributed by atoms with van der Waals surface area (Å²) in [6.45, 7) is 0. The summed E-state index contributed by atoms with van der Waals surface area (Å²) in [5.74, 6) is -0.297. The number of pyridine rings is 1. The summed E-state index contributed by atoms with van der Waals surface area (Å²) < 4.78 is 3.54. The molecule has 7 nitrogen and oxygen atoms in total. The average Bonchev–Trinajstić information content (AvgIpc) is 2.94. The standard InChI is InChI=1S/C19H15BrClN5O2/c1-24(2)18(27)16-15-12-5-4-10(21)8-13(12)25(3)17(15)19(28)26(23-16)11-6-7-22-14(20)9-11/h4-9H,1-3H3. The molecule has 3 aromatic heterocycles. The number of hydrogen-bond donors (Lipinski definition) is 0. The molecule has 1 aromatic carbocycles. The second-order valence-corrected chi connectivity index (χ2v) is 7.79. The van der Waals surface area contributed by atoms with E-state index >= 15 is 0 Å². The zero-order valence-electron chi connectivity index (χ0n) is 15.3. The summed E-state index contributed by atoms with van der Waals surface area (Å²) in [7, 11) is 5.08. The smallest absolute Gasteiger partial charge is 0.296 e. The predicted octanol–water partition coefficient (Wildman–Crippen LogP) is 3.39. The van der Waals surface area contributed by atoms with Crippen LogP contribution in [0.1, 0.15) is 10.5 Å². The first-order valence-corrected chi connectivity index (χ1v) is 9.51. The third-order valence-corrected chi connectivity index (χ3v) is 5.23. The van der Waals surface area contributed by atoms with E-state index in [1.165, 1.54) is 9.58 Å². The lowest BCUT2D eigenvalue weighted by molar-refractivity contribution is 0.0822. The van der Waals surface area contributed by atoms with Crippen LogP contribution in [0, 0.1) is 0 Å². The number of carbonyl (C=O) groups excluding carboxylic acids is 1. The van der Waals surface area contributed by atoms with Crippen LogP contribution in [-0.2, 0) is 7.05 Å².